The van der Waals surface area contributed by atoms with Gasteiger partial charge in [-0.15, -0.1) is 11.3 Å². The van der Waals surface area contributed by atoms with Crippen LogP contribution in [0.2, 0.25) is 5.02 Å². The summed E-state index contributed by atoms with van der Waals surface area (Å²) in [5, 5.41) is 0.631. The molecule has 0 N–H and O–H groups in total. The van der Waals surface area contributed by atoms with Crippen LogP contribution in [-0.4, -0.2) is 18.4 Å². The molecule has 22 heavy (non-hydrogen) atoms. The number of carbonyl (C=O) groups is 2. The van der Waals surface area contributed by atoms with Crippen molar-refractivity contribution in [3.8, 4) is 0 Å². The molecule has 1 aliphatic rings. The quantitative estimate of drug-likeness (QED) is 0.544. The predicted molar refractivity (Wildman–Crippen MR) is 89.7 cm³/mol. The van der Waals surface area contributed by atoms with Crippen molar-refractivity contribution in [1.82, 2.24) is 0 Å². The van der Waals surface area contributed by atoms with Crippen molar-refractivity contribution in [2.24, 2.45) is 0 Å². The minimum Gasteiger partial charge on any atom is -0.457 e. The topological polar surface area (TPSA) is 43.4 Å². The second-order valence-corrected chi connectivity index (χ2v) is 8.09. The zero-order valence-corrected chi connectivity index (χ0v) is 14.6. The number of esters is 1. The van der Waals surface area contributed by atoms with Gasteiger partial charge >= 0.3 is 5.97 Å². The van der Waals surface area contributed by atoms with Crippen molar-refractivity contribution >= 4 is 50.6 Å². The molecular formula is C16H12BrClO3S. The number of hydrogen-bond donors (Lipinski definition) is 0. The molecule has 1 aromatic heterocycles. The molecule has 1 saturated carbocycles. The second kappa shape index (κ2) is 6.14. The molecule has 1 aliphatic carbocycles. The van der Waals surface area contributed by atoms with Crippen LogP contribution in [0.5, 0.6) is 0 Å². The third kappa shape index (κ3) is 3.12. The standard InChI is InChI=1S/C16H12BrClO3S/c17-14-6-5-13(22-14)12(19)9-21-15(20)16(7-8-16)10-1-3-11(18)4-2-10/h1-6H,7-9H2. The van der Waals surface area contributed by atoms with Gasteiger partial charge in [0.1, 0.15) is 0 Å². The number of carbonyl (C=O) groups excluding carboxylic acids is 2. The van der Waals surface area contributed by atoms with Crippen molar-refractivity contribution in [3.63, 3.8) is 0 Å². The SMILES string of the molecule is O=C(COC(=O)C1(c2ccc(Cl)cc2)CC1)c1ccc(Br)s1. The first-order valence-corrected chi connectivity index (χ1v) is 8.72. The van der Waals surface area contributed by atoms with Crippen molar-refractivity contribution in [2.45, 2.75) is 18.3 Å². The molecule has 0 amide bonds. The lowest BCUT2D eigenvalue weighted by Gasteiger charge is -2.14. The number of halogens is 2. The summed E-state index contributed by atoms with van der Waals surface area (Å²) in [6.07, 6.45) is 1.48. The van der Waals surface area contributed by atoms with Crippen LogP contribution in [0, 0.1) is 0 Å². The molecule has 0 radical (unpaired) electrons. The lowest BCUT2D eigenvalue weighted by atomic mass is 9.96. The first-order valence-electron chi connectivity index (χ1n) is 6.73. The Balaban J connectivity index is 1.64. The van der Waals surface area contributed by atoms with Crippen LogP contribution in [0.3, 0.4) is 0 Å². The molecule has 2 aromatic rings. The number of ketones is 1. The van der Waals surface area contributed by atoms with Gasteiger partial charge in [-0.25, -0.2) is 0 Å². The van der Waals surface area contributed by atoms with E-state index in [9.17, 15) is 9.59 Å². The van der Waals surface area contributed by atoms with E-state index in [0.29, 0.717) is 9.90 Å². The molecule has 1 aromatic carbocycles. The maximum absolute atomic E-state index is 12.3. The Hall–Kier alpha value is -1.17. The van der Waals surface area contributed by atoms with Gasteiger partial charge < -0.3 is 4.74 Å². The number of rotatable bonds is 5. The predicted octanol–water partition coefficient (Wildman–Crippen LogP) is 4.62. The maximum atomic E-state index is 12.3. The van der Waals surface area contributed by atoms with Gasteiger partial charge in [0.25, 0.3) is 0 Å². The van der Waals surface area contributed by atoms with E-state index in [-0.39, 0.29) is 18.4 Å². The Bertz CT molecular complexity index is 719. The van der Waals surface area contributed by atoms with Crippen LogP contribution in [0.25, 0.3) is 0 Å². The first-order chi connectivity index (χ1) is 10.5. The monoisotopic (exact) mass is 398 g/mol. The molecule has 114 valence electrons. The fraction of sp³-hybridized carbons (Fsp3) is 0.250. The average Bonchev–Trinajstić information content (AvgIpc) is 3.21. The minimum absolute atomic E-state index is 0.184. The third-order valence-electron chi connectivity index (χ3n) is 3.72. The highest BCUT2D eigenvalue weighted by atomic mass is 79.9. The van der Waals surface area contributed by atoms with Gasteiger partial charge in [-0.1, -0.05) is 23.7 Å². The highest BCUT2D eigenvalue weighted by molar-refractivity contribution is 9.11. The van der Waals surface area contributed by atoms with E-state index in [1.54, 1.807) is 24.3 Å². The molecule has 0 saturated heterocycles. The lowest BCUT2D eigenvalue weighted by molar-refractivity contribution is -0.145. The fourth-order valence-corrected chi connectivity index (χ4v) is 3.75. The van der Waals surface area contributed by atoms with Crippen LogP contribution in [0.15, 0.2) is 40.2 Å². The number of Topliss-reactive ketones (excluding diaryl/α,β-unsaturated/α-hetero) is 1. The van der Waals surface area contributed by atoms with Gasteiger partial charge in [0.05, 0.1) is 14.1 Å². The van der Waals surface area contributed by atoms with E-state index >= 15 is 0 Å². The highest BCUT2D eigenvalue weighted by Gasteiger charge is 2.52. The Labute approximate surface area is 145 Å². The summed E-state index contributed by atoms with van der Waals surface area (Å²) in [7, 11) is 0. The van der Waals surface area contributed by atoms with Crippen LogP contribution in [0.4, 0.5) is 0 Å². The highest BCUT2D eigenvalue weighted by Crippen LogP contribution is 2.49. The summed E-state index contributed by atoms with van der Waals surface area (Å²) in [5.41, 5.74) is 0.300. The van der Waals surface area contributed by atoms with E-state index in [2.05, 4.69) is 15.9 Å². The average molecular weight is 400 g/mol. The molecule has 0 atom stereocenters. The molecule has 3 rings (SSSR count). The fourth-order valence-electron chi connectivity index (χ4n) is 2.31. The van der Waals surface area contributed by atoms with Gasteiger partial charge in [0.15, 0.2) is 6.61 Å². The van der Waals surface area contributed by atoms with Gasteiger partial charge in [-0.3, -0.25) is 9.59 Å². The lowest BCUT2D eigenvalue weighted by Crippen LogP contribution is -2.25. The number of hydrogen-bond acceptors (Lipinski definition) is 4. The van der Waals surface area contributed by atoms with E-state index in [0.717, 1.165) is 22.2 Å². The van der Waals surface area contributed by atoms with E-state index < -0.39 is 5.41 Å². The molecule has 0 bridgehead atoms. The number of thiophene rings is 1. The molecule has 0 spiro atoms. The number of benzene rings is 1. The first kappa shape index (κ1) is 15.7. The molecular weight excluding hydrogens is 388 g/mol. The van der Waals surface area contributed by atoms with Crippen molar-refractivity contribution in [1.29, 1.82) is 0 Å². The van der Waals surface area contributed by atoms with Crippen molar-refractivity contribution in [3.05, 3.63) is 55.6 Å². The summed E-state index contributed by atoms with van der Waals surface area (Å²) in [4.78, 5) is 24.9. The van der Waals surface area contributed by atoms with Gasteiger partial charge in [-0.2, -0.15) is 0 Å². The van der Waals surface area contributed by atoms with Gasteiger partial charge in [0, 0.05) is 5.02 Å². The summed E-state index contributed by atoms with van der Waals surface area (Å²) < 4.78 is 6.13. The molecule has 6 heteroatoms. The molecule has 3 nitrogen and oxygen atoms in total. The molecule has 0 unspecified atom stereocenters. The smallest absolute Gasteiger partial charge is 0.317 e. The zero-order valence-electron chi connectivity index (χ0n) is 11.5. The Kier molecular flexibility index (Phi) is 4.39. The Morgan fingerprint density at radius 2 is 1.86 bits per heavy atom. The van der Waals surface area contributed by atoms with Crippen LogP contribution in [0.1, 0.15) is 28.1 Å². The summed E-state index contributed by atoms with van der Waals surface area (Å²) in [6.45, 7) is -0.221. The van der Waals surface area contributed by atoms with Gasteiger partial charge in [-0.05, 0) is 58.6 Å². The Morgan fingerprint density at radius 1 is 1.18 bits per heavy atom. The van der Waals surface area contributed by atoms with Crippen molar-refractivity contribution in [2.75, 3.05) is 6.61 Å². The third-order valence-corrected chi connectivity index (χ3v) is 5.64. The largest absolute Gasteiger partial charge is 0.457 e. The normalized spacial score (nSPS) is 15.4. The van der Waals surface area contributed by atoms with E-state index in [4.69, 9.17) is 16.3 Å². The molecule has 0 aliphatic heterocycles. The summed E-state index contributed by atoms with van der Waals surface area (Å²) in [6, 6.07) is 10.7. The van der Waals surface area contributed by atoms with E-state index in [1.165, 1.54) is 11.3 Å². The summed E-state index contributed by atoms with van der Waals surface area (Å²) >= 11 is 10.5. The molecule has 1 heterocycles. The minimum atomic E-state index is -0.596. The molecule has 1 fully saturated rings. The van der Waals surface area contributed by atoms with E-state index in [1.807, 2.05) is 12.1 Å². The summed E-state index contributed by atoms with van der Waals surface area (Å²) in [5.74, 6) is -0.519. The number of ether oxygens (including phenoxy) is 1. The van der Waals surface area contributed by atoms with Crippen LogP contribution in [-0.2, 0) is 14.9 Å². The van der Waals surface area contributed by atoms with Crippen LogP contribution >= 0.6 is 38.9 Å². The second-order valence-electron chi connectivity index (χ2n) is 5.19. The maximum Gasteiger partial charge on any atom is 0.317 e. The van der Waals surface area contributed by atoms with Crippen molar-refractivity contribution < 1.29 is 14.3 Å². The zero-order chi connectivity index (χ0) is 15.7. The van der Waals surface area contributed by atoms with Gasteiger partial charge in [0.2, 0.25) is 5.78 Å². The Morgan fingerprint density at radius 3 is 2.41 bits per heavy atom. The van der Waals surface area contributed by atoms with Crippen LogP contribution < -0.4 is 0 Å².